The lowest BCUT2D eigenvalue weighted by Crippen LogP contribution is -2.27. The van der Waals surface area contributed by atoms with Gasteiger partial charge in [-0.05, 0) is 25.1 Å². The molecule has 1 aromatic carbocycles. The van der Waals surface area contributed by atoms with Gasteiger partial charge in [0.2, 0.25) is 0 Å². The van der Waals surface area contributed by atoms with Crippen LogP contribution in [0.25, 0.3) is 11.0 Å². The minimum atomic E-state index is -0.120. The summed E-state index contributed by atoms with van der Waals surface area (Å²) in [6, 6.07) is 7.51. The fraction of sp³-hybridized carbons (Fsp3) is 0.250. The number of hydrogen-bond acceptors (Lipinski definition) is 7. The molecule has 0 unspecified atom stereocenters. The summed E-state index contributed by atoms with van der Waals surface area (Å²) in [5, 5.41) is 15.7. The van der Waals surface area contributed by atoms with Gasteiger partial charge in [0.05, 0.1) is 45.6 Å². The van der Waals surface area contributed by atoms with Crippen LogP contribution in [0, 0.1) is 18.3 Å². The second-order valence-electron chi connectivity index (χ2n) is 7.06. The summed E-state index contributed by atoms with van der Waals surface area (Å²) in [4.78, 5) is 27.6. The summed E-state index contributed by atoms with van der Waals surface area (Å²) in [6.07, 6.45) is 0.489. The van der Waals surface area contributed by atoms with E-state index in [4.69, 9.17) is 16.6 Å². The number of halogens is 1. The zero-order chi connectivity index (χ0) is 21.5. The van der Waals surface area contributed by atoms with Gasteiger partial charge < -0.3 is 9.88 Å². The molecule has 4 aromatic rings. The second kappa shape index (κ2) is 7.92. The van der Waals surface area contributed by atoms with Crippen LogP contribution in [0.15, 0.2) is 23.6 Å². The minimum absolute atomic E-state index is 0.120. The highest BCUT2D eigenvalue weighted by Gasteiger charge is 2.24. The Kier molecular flexibility index (Phi) is 5.09. The first-order valence-electron chi connectivity index (χ1n) is 9.52. The molecule has 1 aliphatic heterocycles. The number of urea groups is 1. The van der Waals surface area contributed by atoms with Crippen molar-refractivity contribution in [2.45, 2.75) is 19.9 Å². The smallest absolute Gasteiger partial charge is 0.323 e. The molecule has 1 aliphatic rings. The van der Waals surface area contributed by atoms with Crippen molar-refractivity contribution in [1.82, 2.24) is 24.8 Å². The quantitative estimate of drug-likeness (QED) is 0.477. The number of nitriles is 1. The molecule has 0 saturated carbocycles. The van der Waals surface area contributed by atoms with E-state index in [2.05, 4.69) is 21.4 Å². The number of amides is 2. The van der Waals surface area contributed by atoms with E-state index in [0.717, 1.165) is 33.3 Å². The number of rotatable bonds is 5. The highest BCUT2D eigenvalue weighted by molar-refractivity contribution is 7.16. The first-order chi connectivity index (χ1) is 15.0. The van der Waals surface area contributed by atoms with E-state index < -0.39 is 0 Å². The molecule has 1 fully saturated rings. The van der Waals surface area contributed by atoms with Crippen molar-refractivity contribution in [2.75, 3.05) is 18.0 Å². The number of anilines is 1. The summed E-state index contributed by atoms with van der Waals surface area (Å²) in [7, 11) is 0. The third kappa shape index (κ3) is 3.76. The average Bonchev–Trinajstić information content (AvgIpc) is 3.51. The third-order valence-electron chi connectivity index (χ3n) is 4.99. The van der Waals surface area contributed by atoms with Gasteiger partial charge in [-0.1, -0.05) is 11.6 Å². The standard InChI is InChI=1S/C20H16ClN7OS2/c1-11-24-15(18(21)31-11)9-28-16-6-12(8-22)2-3-14(16)26-17(28)7-13-10-30-20(25-13)27-5-4-23-19(27)29/h2-3,6,10H,4-5,7,9H2,1H3,(H,23,29). The zero-order valence-electron chi connectivity index (χ0n) is 16.4. The molecule has 2 amide bonds. The number of fused-ring (bicyclic) bond motifs is 1. The molecular formula is C20H16ClN7OS2. The lowest BCUT2D eigenvalue weighted by atomic mass is 10.2. The van der Waals surface area contributed by atoms with E-state index in [9.17, 15) is 10.1 Å². The number of thiazole rings is 2. The van der Waals surface area contributed by atoms with Gasteiger partial charge >= 0.3 is 6.03 Å². The maximum atomic E-state index is 11.9. The van der Waals surface area contributed by atoms with E-state index in [1.165, 1.54) is 22.7 Å². The molecule has 1 saturated heterocycles. The number of benzene rings is 1. The number of hydrogen-bond donors (Lipinski definition) is 1. The van der Waals surface area contributed by atoms with Crippen molar-refractivity contribution >= 4 is 56.5 Å². The molecule has 1 N–H and O–H groups in total. The van der Waals surface area contributed by atoms with Gasteiger partial charge in [0, 0.05) is 24.9 Å². The second-order valence-corrected chi connectivity index (χ2v) is 9.71. The first kappa shape index (κ1) is 19.9. The van der Waals surface area contributed by atoms with Crippen LogP contribution >= 0.6 is 34.3 Å². The molecule has 0 atom stereocenters. The van der Waals surface area contributed by atoms with Crippen LogP contribution in [0.3, 0.4) is 0 Å². The van der Waals surface area contributed by atoms with Crippen molar-refractivity contribution in [2.24, 2.45) is 0 Å². The van der Waals surface area contributed by atoms with Crippen molar-refractivity contribution in [3.05, 3.63) is 55.7 Å². The Labute approximate surface area is 190 Å². The number of imidazole rings is 1. The first-order valence-corrected chi connectivity index (χ1v) is 11.6. The predicted octanol–water partition coefficient (Wildman–Crippen LogP) is 3.95. The van der Waals surface area contributed by atoms with Gasteiger partial charge in [0.1, 0.15) is 10.2 Å². The van der Waals surface area contributed by atoms with Gasteiger partial charge in [-0.2, -0.15) is 5.26 Å². The van der Waals surface area contributed by atoms with Crippen LogP contribution < -0.4 is 10.2 Å². The summed E-state index contributed by atoms with van der Waals surface area (Å²) < 4.78 is 2.69. The average molecular weight is 470 g/mol. The SMILES string of the molecule is Cc1nc(Cn2c(Cc3csc(N4CCNC4=O)n3)nc3ccc(C#N)cc32)c(Cl)s1. The maximum absolute atomic E-state index is 11.9. The van der Waals surface area contributed by atoms with Gasteiger partial charge in [-0.3, -0.25) is 4.90 Å². The molecule has 156 valence electrons. The Balaban J connectivity index is 1.53. The molecule has 0 aliphatic carbocycles. The summed E-state index contributed by atoms with van der Waals surface area (Å²) in [6.45, 7) is 3.61. The zero-order valence-corrected chi connectivity index (χ0v) is 18.8. The number of carbonyl (C=O) groups is 1. The van der Waals surface area contributed by atoms with E-state index in [1.807, 2.05) is 29.0 Å². The molecule has 11 heteroatoms. The topological polar surface area (TPSA) is 99.7 Å². The van der Waals surface area contributed by atoms with Crippen LogP contribution in [0.1, 0.15) is 27.8 Å². The molecule has 8 nitrogen and oxygen atoms in total. The number of carbonyl (C=O) groups excluding carboxylic acids is 1. The van der Waals surface area contributed by atoms with Gasteiger partial charge in [-0.25, -0.2) is 19.7 Å². The van der Waals surface area contributed by atoms with Gasteiger partial charge in [0.15, 0.2) is 5.13 Å². The van der Waals surface area contributed by atoms with Crippen LogP contribution in [0.5, 0.6) is 0 Å². The molecule has 0 radical (unpaired) electrons. The largest absolute Gasteiger partial charge is 0.336 e. The van der Waals surface area contributed by atoms with Crippen LogP contribution in [0.4, 0.5) is 9.93 Å². The van der Waals surface area contributed by atoms with Gasteiger partial charge in [0.25, 0.3) is 0 Å². The van der Waals surface area contributed by atoms with Crippen LogP contribution in [-0.4, -0.2) is 38.6 Å². The van der Waals surface area contributed by atoms with Crippen LogP contribution in [-0.2, 0) is 13.0 Å². The number of aryl methyl sites for hydroxylation is 1. The number of aromatic nitrogens is 4. The lowest BCUT2D eigenvalue weighted by molar-refractivity contribution is 0.252. The summed E-state index contributed by atoms with van der Waals surface area (Å²) in [5.74, 6) is 0.800. The van der Waals surface area contributed by atoms with Gasteiger partial charge in [-0.15, -0.1) is 22.7 Å². The Morgan fingerprint density at radius 1 is 1.32 bits per heavy atom. The van der Waals surface area contributed by atoms with E-state index >= 15 is 0 Å². The van der Waals surface area contributed by atoms with Crippen molar-refractivity contribution < 1.29 is 4.79 Å². The maximum Gasteiger partial charge on any atom is 0.323 e. The monoisotopic (exact) mass is 469 g/mol. The fourth-order valence-electron chi connectivity index (χ4n) is 3.56. The number of nitrogens with one attached hydrogen (secondary N) is 1. The molecule has 31 heavy (non-hydrogen) atoms. The van der Waals surface area contributed by atoms with Crippen LogP contribution in [0.2, 0.25) is 4.34 Å². The molecule has 0 bridgehead atoms. The molecule has 3 aromatic heterocycles. The Bertz CT molecular complexity index is 1350. The summed E-state index contributed by atoms with van der Waals surface area (Å²) >= 11 is 9.28. The third-order valence-corrected chi connectivity index (χ3v) is 7.15. The van der Waals surface area contributed by atoms with E-state index in [0.29, 0.717) is 41.1 Å². The minimum Gasteiger partial charge on any atom is -0.336 e. The highest BCUT2D eigenvalue weighted by Crippen LogP contribution is 2.28. The Morgan fingerprint density at radius 3 is 2.90 bits per heavy atom. The normalized spacial score (nSPS) is 13.7. The predicted molar refractivity (Wildman–Crippen MR) is 121 cm³/mol. The van der Waals surface area contributed by atoms with Crippen molar-refractivity contribution in [3.8, 4) is 6.07 Å². The molecule has 4 heterocycles. The summed E-state index contributed by atoms with van der Waals surface area (Å²) in [5.41, 5.74) is 3.82. The number of nitrogens with zero attached hydrogens (tertiary/aromatic N) is 6. The lowest BCUT2D eigenvalue weighted by Gasteiger charge is -2.09. The highest BCUT2D eigenvalue weighted by atomic mass is 35.5. The van der Waals surface area contributed by atoms with Crippen molar-refractivity contribution in [1.29, 1.82) is 5.26 Å². The molecule has 5 rings (SSSR count). The van der Waals surface area contributed by atoms with Crippen molar-refractivity contribution in [3.63, 3.8) is 0 Å². The Morgan fingerprint density at radius 2 is 2.19 bits per heavy atom. The van der Waals surface area contributed by atoms with E-state index in [-0.39, 0.29) is 6.03 Å². The Hall–Kier alpha value is -3.00. The molecule has 0 spiro atoms. The molecular weight excluding hydrogens is 454 g/mol. The fourth-order valence-corrected chi connectivity index (χ4v) is 5.49. The van der Waals surface area contributed by atoms with E-state index in [1.54, 1.807) is 11.0 Å².